The van der Waals surface area contributed by atoms with Gasteiger partial charge >= 0.3 is 5.63 Å². The second-order valence-electron chi connectivity index (χ2n) is 6.22. The minimum atomic E-state index is -0.443. The standard InChI is InChI=1S/C20H20FNO3/c1-3-14-8-17-15(9-20(24)25-19(17)10-18(14)23)12-22(2)11-13-4-6-16(21)7-5-13/h4-10,23H,3,11-12H2,1-2H3. The molecule has 2 aromatic carbocycles. The first-order valence-electron chi connectivity index (χ1n) is 8.18. The Morgan fingerprint density at radius 2 is 1.80 bits per heavy atom. The number of nitrogens with zero attached hydrogens (tertiary/aromatic N) is 1. The van der Waals surface area contributed by atoms with E-state index in [1.165, 1.54) is 24.3 Å². The van der Waals surface area contributed by atoms with Gasteiger partial charge in [-0.15, -0.1) is 0 Å². The number of aryl methyl sites for hydroxylation is 1. The van der Waals surface area contributed by atoms with Crippen molar-refractivity contribution in [2.24, 2.45) is 0 Å². The fourth-order valence-electron chi connectivity index (χ4n) is 2.97. The number of benzene rings is 2. The van der Waals surface area contributed by atoms with Crippen molar-refractivity contribution in [1.82, 2.24) is 4.90 Å². The van der Waals surface area contributed by atoms with Crippen molar-refractivity contribution in [2.75, 3.05) is 7.05 Å². The van der Waals surface area contributed by atoms with Crippen LogP contribution in [0.15, 0.2) is 51.7 Å². The van der Waals surface area contributed by atoms with Gasteiger partial charge in [-0.3, -0.25) is 4.90 Å². The van der Waals surface area contributed by atoms with Crippen LogP contribution in [0.4, 0.5) is 4.39 Å². The van der Waals surface area contributed by atoms with Crippen molar-refractivity contribution in [3.63, 3.8) is 0 Å². The minimum Gasteiger partial charge on any atom is -0.508 e. The van der Waals surface area contributed by atoms with E-state index in [1.807, 2.05) is 24.9 Å². The molecule has 25 heavy (non-hydrogen) atoms. The molecule has 0 unspecified atom stereocenters. The molecule has 0 fully saturated rings. The van der Waals surface area contributed by atoms with Gasteiger partial charge in [0.25, 0.3) is 0 Å². The summed E-state index contributed by atoms with van der Waals surface area (Å²) < 4.78 is 18.2. The maximum Gasteiger partial charge on any atom is 0.336 e. The fourth-order valence-corrected chi connectivity index (χ4v) is 2.97. The third-order valence-corrected chi connectivity index (χ3v) is 4.22. The topological polar surface area (TPSA) is 53.7 Å². The Balaban J connectivity index is 1.91. The summed E-state index contributed by atoms with van der Waals surface area (Å²) in [5.41, 5.74) is 2.58. The minimum absolute atomic E-state index is 0.134. The molecule has 0 spiro atoms. The molecule has 1 aromatic heterocycles. The summed E-state index contributed by atoms with van der Waals surface area (Å²) in [5, 5.41) is 10.8. The Hall–Kier alpha value is -2.66. The van der Waals surface area contributed by atoms with E-state index < -0.39 is 5.63 Å². The second kappa shape index (κ2) is 7.07. The summed E-state index contributed by atoms with van der Waals surface area (Å²) in [6, 6.07) is 11.2. The SMILES string of the molecule is CCc1cc2c(CN(C)Cc3ccc(F)cc3)cc(=O)oc2cc1O. The third kappa shape index (κ3) is 3.88. The average Bonchev–Trinajstić information content (AvgIpc) is 2.56. The molecule has 0 radical (unpaired) electrons. The second-order valence-corrected chi connectivity index (χ2v) is 6.22. The lowest BCUT2D eigenvalue weighted by Gasteiger charge is -2.18. The highest BCUT2D eigenvalue weighted by atomic mass is 19.1. The number of halogens is 1. The van der Waals surface area contributed by atoms with Crippen LogP contribution < -0.4 is 5.63 Å². The molecule has 0 atom stereocenters. The summed E-state index contributed by atoms with van der Waals surface area (Å²) >= 11 is 0. The van der Waals surface area contributed by atoms with Crippen LogP contribution >= 0.6 is 0 Å². The van der Waals surface area contributed by atoms with Crippen LogP contribution in [0.1, 0.15) is 23.6 Å². The monoisotopic (exact) mass is 341 g/mol. The van der Waals surface area contributed by atoms with E-state index in [2.05, 4.69) is 0 Å². The summed E-state index contributed by atoms with van der Waals surface area (Å²) in [6.07, 6.45) is 0.686. The molecule has 0 aliphatic rings. The smallest absolute Gasteiger partial charge is 0.336 e. The Morgan fingerprint density at radius 3 is 2.48 bits per heavy atom. The molecule has 0 saturated heterocycles. The van der Waals surface area contributed by atoms with Gasteiger partial charge in [0.15, 0.2) is 0 Å². The quantitative estimate of drug-likeness (QED) is 0.717. The van der Waals surface area contributed by atoms with Crippen LogP contribution in [0, 0.1) is 5.82 Å². The van der Waals surface area contributed by atoms with Gasteiger partial charge in [0, 0.05) is 30.6 Å². The van der Waals surface area contributed by atoms with E-state index in [4.69, 9.17) is 4.42 Å². The normalized spacial score (nSPS) is 11.4. The summed E-state index contributed by atoms with van der Waals surface area (Å²) in [6.45, 7) is 3.12. The van der Waals surface area contributed by atoms with Gasteiger partial charge in [0.05, 0.1) is 0 Å². The van der Waals surface area contributed by atoms with E-state index in [0.717, 1.165) is 22.1 Å². The van der Waals surface area contributed by atoms with E-state index in [1.54, 1.807) is 12.1 Å². The summed E-state index contributed by atoms with van der Waals surface area (Å²) in [5.74, 6) is -0.125. The fraction of sp³-hybridized carbons (Fsp3) is 0.250. The molecule has 0 saturated carbocycles. The highest BCUT2D eigenvalue weighted by Crippen LogP contribution is 2.27. The van der Waals surface area contributed by atoms with Gasteiger partial charge in [-0.25, -0.2) is 9.18 Å². The van der Waals surface area contributed by atoms with Gasteiger partial charge < -0.3 is 9.52 Å². The van der Waals surface area contributed by atoms with E-state index in [0.29, 0.717) is 25.1 Å². The van der Waals surface area contributed by atoms with Crippen LogP contribution in [-0.2, 0) is 19.5 Å². The molecule has 3 rings (SSSR count). The van der Waals surface area contributed by atoms with Crippen molar-refractivity contribution < 1.29 is 13.9 Å². The van der Waals surface area contributed by atoms with Gasteiger partial charge in [-0.1, -0.05) is 19.1 Å². The van der Waals surface area contributed by atoms with Gasteiger partial charge in [-0.05, 0) is 48.4 Å². The highest BCUT2D eigenvalue weighted by molar-refractivity contribution is 5.82. The number of fused-ring (bicyclic) bond motifs is 1. The van der Waals surface area contributed by atoms with Gasteiger partial charge in [0.2, 0.25) is 0 Å². The molecular weight excluding hydrogens is 321 g/mol. The van der Waals surface area contributed by atoms with E-state index >= 15 is 0 Å². The Morgan fingerprint density at radius 1 is 1.08 bits per heavy atom. The lowest BCUT2D eigenvalue weighted by molar-refractivity contribution is 0.319. The molecule has 0 aliphatic heterocycles. The van der Waals surface area contributed by atoms with E-state index in [9.17, 15) is 14.3 Å². The lowest BCUT2D eigenvalue weighted by atomic mass is 10.0. The molecule has 1 N–H and O–H groups in total. The van der Waals surface area contributed by atoms with Crippen molar-refractivity contribution in [3.05, 3.63) is 75.4 Å². The first-order chi connectivity index (χ1) is 12.0. The molecule has 5 heteroatoms. The molecule has 4 nitrogen and oxygen atoms in total. The van der Waals surface area contributed by atoms with Crippen LogP contribution in [0.3, 0.4) is 0 Å². The molecule has 0 amide bonds. The number of aromatic hydroxyl groups is 1. The van der Waals surface area contributed by atoms with Crippen LogP contribution in [0.25, 0.3) is 11.0 Å². The van der Waals surface area contributed by atoms with E-state index in [-0.39, 0.29) is 11.6 Å². The van der Waals surface area contributed by atoms with Gasteiger partial charge in [-0.2, -0.15) is 0 Å². The molecule has 0 bridgehead atoms. The Kier molecular flexibility index (Phi) is 4.86. The average molecular weight is 341 g/mol. The first kappa shape index (κ1) is 17.2. The van der Waals surface area contributed by atoms with Crippen molar-refractivity contribution in [2.45, 2.75) is 26.4 Å². The maximum absolute atomic E-state index is 13.0. The molecule has 3 aromatic rings. The maximum atomic E-state index is 13.0. The zero-order valence-electron chi connectivity index (χ0n) is 14.3. The molecule has 1 heterocycles. The predicted molar refractivity (Wildman–Crippen MR) is 95.1 cm³/mol. The number of phenolic OH excluding ortho intramolecular Hbond substituents is 1. The number of hydrogen-bond acceptors (Lipinski definition) is 4. The van der Waals surface area contributed by atoms with Gasteiger partial charge in [0.1, 0.15) is 17.1 Å². The molecule has 130 valence electrons. The Bertz CT molecular complexity index is 948. The van der Waals surface area contributed by atoms with Crippen LogP contribution in [0.5, 0.6) is 5.75 Å². The van der Waals surface area contributed by atoms with Crippen molar-refractivity contribution >= 4 is 11.0 Å². The largest absolute Gasteiger partial charge is 0.508 e. The molecule has 0 aliphatic carbocycles. The highest BCUT2D eigenvalue weighted by Gasteiger charge is 2.12. The number of hydrogen-bond donors (Lipinski definition) is 1. The third-order valence-electron chi connectivity index (χ3n) is 4.22. The predicted octanol–water partition coefficient (Wildman–Crippen LogP) is 3.83. The summed E-state index contributed by atoms with van der Waals surface area (Å²) in [7, 11) is 1.94. The lowest BCUT2D eigenvalue weighted by Crippen LogP contribution is -2.18. The molecular formula is C20H20FNO3. The zero-order chi connectivity index (χ0) is 18.0. The zero-order valence-corrected chi connectivity index (χ0v) is 14.3. The number of phenols is 1. The van der Waals surface area contributed by atoms with Crippen LogP contribution in [-0.4, -0.2) is 17.1 Å². The van der Waals surface area contributed by atoms with Crippen molar-refractivity contribution in [1.29, 1.82) is 0 Å². The van der Waals surface area contributed by atoms with Crippen molar-refractivity contribution in [3.8, 4) is 5.75 Å². The Labute approximate surface area is 145 Å². The summed E-state index contributed by atoms with van der Waals surface area (Å²) in [4.78, 5) is 13.9. The van der Waals surface area contributed by atoms with Crippen LogP contribution in [0.2, 0.25) is 0 Å². The first-order valence-corrected chi connectivity index (χ1v) is 8.18. The number of rotatable bonds is 5.